The van der Waals surface area contributed by atoms with E-state index in [4.69, 9.17) is 10.7 Å². The van der Waals surface area contributed by atoms with Gasteiger partial charge < -0.3 is 20.9 Å². The Morgan fingerprint density at radius 2 is 2.00 bits per heavy atom. The molecule has 10 nitrogen and oxygen atoms in total. The molecule has 1 fully saturated rings. The first-order valence-corrected chi connectivity index (χ1v) is 14.3. The number of rotatable bonds is 7. The Bertz CT molecular complexity index is 1590. The summed E-state index contributed by atoms with van der Waals surface area (Å²) in [6.45, 7) is 5.61. The summed E-state index contributed by atoms with van der Waals surface area (Å²) in [5.41, 5.74) is 10.2. The number of hydrogen-bond donors (Lipinski definition) is 2. The summed E-state index contributed by atoms with van der Waals surface area (Å²) in [5, 5.41) is 2.92. The van der Waals surface area contributed by atoms with Crippen molar-refractivity contribution in [2.45, 2.75) is 39.2 Å². The van der Waals surface area contributed by atoms with E-state index in [0.717, 1.165) is 30.7 Å². The van der Waals surface area contributed by atoms with E-state index >= 15 is 0 Å². The third-order valence-electron chi connectivity index (χ3n) is 7.57. The number of carbonyl (C=O) groups excluding carboxylic acids is 2. The highest BCUT2D eigenvalue weighted by molar-refractivity contribution is 6.10. The minimum Gasteiger partial charge on any atom is -0.382 e. The number of benzene rings is 1. The van der Waals surface area contributed by atoms with Gasteiger partial charge in [-0.1, -0.05) is 43.7 Å². The SMILES string of the molecule is CC(C)C1=CC(NC(=O)c2ccc(-c3nc([C@@H]4CCCN4C(=O)/C=C/CN(C)C)n4ccnc(N)c34)cc2)=NC=CC1. The zero-order valence-corrected chi connectivity index (χ0v) is 24.6. The summed E-state index contributed by atoms with van der Waals surface area (Å²) in [4.78, 5) is 43.8. The van der Waals surface area contributed by atoms with Crippen LogP contribution in [0, 0.1) is 5.92 Å². The summed E-state index contributed by atoms with van der Waals surface area (Å²) in [7, 11) is 3.93. The lowest BCUT2D eigenvalue weighted by Gasteiger charge is -2.22. The highest BCUT2D eigenvalue weighted by Gasteiger charge is 2.33. The number of aromatic nitrogens is 3. The van der Waals surface area contributed by atoms with Gasteiger partial charge in [-0.3, -0.25) is 14.0 Å². The molecule has 0 spiro atoms. The normalized spacial score (nSPS) is 17.3. The zero-order valence-electron chi connectivity index (χ0n) is 24.6. The molecule has 2 aliphatic heterocycles. The second kappa shape index (κ2) is 12.5. The van der Waals surface area contributed by atoms with Gasteiger partial charge in [0.15, 0.2) is 0 Å². The van der Waals surface area contributed by atoms with Gasteiger partial charge in [0.1, 0.15) is 28.7 Å². The lowest BCUT2D eigenvalue weighted by Crippen LogP contribution is -2.30. The molecule has 4 heterocycles. The summed E-state index contributed by atoms with van der Waals surface area (Å²) in [6.07, 6.45) is 15.2. The topological polar surface area (TPSA) is 121 Å². The number of carbonyl (C=O) groups is 2. The number of likely N-dealkylation sites (N-methyl/N-ethyl adjacent to an activating group) is 1. The number of nitrogens with zero attached hydrogens (tertiary/aromatic N) is 6. The van der Waals surface area contributed by atoms with Crippen LogP contribution in [0.5, 0.6) is 0 Å². The van der Waals surface area contributed by atoms with E-state index in [1.165, 1.54) is 5.57 Å². The highest BCUT2D eigenvalue weighted by Crippen LogP contribution is 2.36. The number of allylic oxidation sites excluding steroid dienone is 2. The smallest absolute Gasteiger partial charge is 0.256 e. The van der Waals surface area contributed by atoms with Crippen LogP contribution in [-0.4, -0.2) is 69.0 Å². The van der Waals surface area contributed by atoms with Crippen LogP contribution in [0.15, 0.2) is 77.7 Å². The average Bonchev–Trinajstić information content (AvgIpc) is 3.53. The van der Waals surface area contributed by atoms with Crippen molar-refractivity contribution in [2.75, 3.05) is 32.9 Å². The van der Waals surface area contributed by atoms with E-state index in [-0.39, 0.29) is 17.9 Å². The van der Waals surface area contributed by atoms with Gasteiger partial charge in [0, 0.05) is 48.9 Å². The van der Waals surface area contributed by atoms with E-state index in [0.29, 0.717) is 47.4 Å². The summed E-state index contributed by atoms with van der Waals surface area (Å²) < 4.78 is 1.94. The van der Waals surface area contributed by atoms with Gasteiger partial charge in [-0.05, 0) is 57.5 Å². The number of anilines is 1. The Morgan fingerprint density at radius 3 is 2.74 bits per heavy atom. The van der Waals surface area contributed by atoms with Gasteiger partial charge in [-0.15, -0.1) is 0 Å². The molecule has 1 atom stereocenters. The predicted octanol–water partition coefficient (Wildman–Crippen LogP) is 4.39. The van der Waals surface area contributed by atoms with Crippen molar-refractivity contribution in [3.8, 4) is 11.3 Å². The number of nitrogen functional groups attached to an aromatic ring is 1. The fourth-order valence-electron chi connectivity index (χ4n) is 5.31. The first-order chi connectivity index (χ1) is 20.2. The van der Waals surface area contributed by atoms with Gasteiger partial charge in [-0.25, -0.2) is 15.0 Å². The fraction of sp³-hybridized carbons (Fsp3) is 0.344. The van der Waals surface area contributed by atoms with E-state index in [2.05, 4.69) is 29.1 Å². The van der Waals surface area contributed by atoms with Crippen LogP contribution in [0.25, 0.3) is 16.8 Å². The molecule has 5 rings (SSSR count). The maximum atomic E-state index is 13.1. The summed E-state index contributed by atoms with van der Waals surface area (Å²) >= 11 is 0. The first-order valence-electron chi connectivity index (χ1n) is 14.3. The number of fused-ring (bicyclic) bond motifs is 1. The minimum atomic E-state index is -0.242. The molecule has 0 radical (unpaired) electrons. The number of imidazole rings is 1. The molecule has 2 amide bonds. The average molecular weight is 567 g/mol. The van der Waals surface area contributed by atoms with Crippen LogP contribution in [0.2, 0.25) is 0 Å². The molecule has 3 aromatic rings. The summed E-state index contributed by atoms with van der Waals surface area (Å²) in [6, 6.07) is 7.07. The minimum absolute atomic E-state index is 0.0285. The number of amidine groups is 1. The number of aliphatic imine (C=N–C) groups is 1. The Morgan fingerprint density at radius 1 is 1.21 bits per heavy atom. The predicted molar refractivity (Wildman–Crippen MR) is 166 cm³/mol. The Labute approximate surface area is 246 Å². The van der Waals surface area contributed by atoms with E-state index < -0.39 is 0 Å². The highest BCUT2D eigenvalue weighted by atomic mass is 16.2. The Hall–Kier alpha value is -4.57. The van der Waals surface area contributed by atoms with Crippen molar-refractivity contribution < 1.29 is 9.59 Å². The molecule has 1 saturated heterocycles. The maximum absolute atomic E-state index is 13.1. The molecule has 10 heteroatoms. The van der Waals surface area contributed by atoms with E-state index in [1.54, 1.807) is 30.6 Å². The zero-order chi connectivity index (χ0) is 29.8. The second-order valence-electron chi connectivity index (χ2n) is 11.2. The van der Waals surface area contributed by atoms with Crippen LogP contribution >= 0.6 is 0 Å². The van der Waals surface area contributed by atoms with Crippen molar-refractivity contribution in [3.05, 3.63) is 84.1 Å². The Balaban J connectivity index is 1.42. The Kier molecular flexibility index (Phi) is 8.63. The quantitative estimate of drug-likeness (QED) is 0.409. The largest absolute Gasteiger partial charge is 0.382 e. The molecule has 218 valence electrons. The molecular weight excluding hydrogens is 528 g/mol. The molecule has 0 saturated carbocycles. The van der Waals surface area contributed by atoms with Crippen LogP contribution in [-0.2, 0) is 4.79 Å². The number of amides is 2. The van der Waals surface area contributed by atoms with E-state index in [9.17, 15) is 9.59 Å². The lowest BCUT2D eigenvalue weighted by molar-refractivity contribution is -0.127. The third-order valence-corrected chi connectivity index (χ3v) is 7.57. The molecule has 42 heavy (non-hydrogen) atoms. The number of hydrogen-bond acceptors (Lipinski definition) is 7. The molecule has 0 unspecified atom stereocenters. The monoisotopic (exact) mass is 566 g/mol. The lowest BCUT2D eigenvalue weighted by atomic mass is 10.00. The van der Waals surface area contributed by atoms with Gasteiger partial charge in [0.25, 0.3) is 5.91 Å². The molecular formula is C32H38N8O2. The first kappa shape index (κ1) is 28.9. The van der Waals surface area contributed by atoms with E-state index in [1.807, 2.05) is 64.9 Å². The van der Waals surface area contributed by atoms with Crippen molar-refractivity contribution in [1.29, 1.82) is 0 Å². The van der Waals surface area contributed by atoms with Crippen LogP contribution < -0.4 is 11.1 Å². The standard InChI is InChI=1S/C32H38N8O2/c1-21(2)24-8-5-15-34-26(20-24)36-32(42)23-13-11-22(12-14-23)28-29-30(33)35-16-19-40(29)31(37-28)25-9-6-18-39(25)27(41)10-7-17-38(3)4/h5,7,10-16,19-21,25H,6,8-9,17-18H2,1-4H3,(H2,33,35)(H,34,36,42)/b10-7+/t25-/m0/s1. The number of nitrogens with one attached hydrogen (secondary N) is 1. The molecule has 2 aliphatic rings. The molecule has 1 aromatic carbocycles. The third kappa shape index (κ3) is 6.18. The molecule has 0 bridgehead atoms. The van der Waals surface area contributed by atoms with Crippen molar-refractivity contribution in [3.63, 3.8) is 0 Å². The number of nitrogens with two attached hydrogens (primary N) is 1. The number of likely N-dealkylation sites (tertiary alicyclic amines) is 1. The van der Waals surface area contributed by atoms with Crippen molar-refractivity contribution >= 4 is 29.0 Å². The fourth-order valence-corrected chi connectivity index (χ4v) is 5.31. The van der Waals surface area contributed by atoms with Crippen molar-refractivity contribution in [1.82, 2.24) is 29.5 Å². The molecule has 0 aliphatic carbocycles. The van der Waals surface area contributed by atoms with Gasteiger partial charge in [0.2, 0.25) is 5.91 Å². The van der Waals surface area contributed by atoms with Crippen molar-refractivity contribution in [2.24, 2.45) is 10.9 Å². The van der Waals surface area contributed by atoms with Gasteiger partial charge >= 0.3 is 0 Å². The maximum Gasteiger partial charge on any atom is 0.256 e. The van der Waals surface area contributed by atoms with Crippen LogP contribution in [0.4, 0.5) is 5.82 Å². The van der Waals surface area contributed by atoms with Crippen LogP contribution in [0.3, 0.4) is 0 Å². The summed E-state index contributed by atoms with van der Waals surface area (Å²) in [5.74, 6) is 1.71. The van der Waals surface area contributed by atoms with Crippen LogP contribution in [0.1, 0.15) is 55.3 Å². The second-order valence-corrected chi connectivity index (χ2v) is 11.2. The molecule has 3 N–H and O–H groups in total. The molecule has 2 aromatic heterocycles. The van der Waals surface area contributed by atoms with Gasteiger partial charge in [-0.2, -0.15) is 0 Å². The van der Waals surface area contributed by atoms with Gasteiger partial charge in [0.05, 0.1) is 6.04 Å².